The first-order chi connectivity index (χ1) is 6.66. The Morgan fingerprint density at radius 1 is 1.36 bits per heavy atom. The van der Waals surface area contributed by atoms with Crippen LogP contribution in [-0.2, 0) is 9.73 Å². The highest BCUT2D eigenvalue weighted by Crippen LogP contribution is 2.12. The van der Waals surface area contributed by atoms with Crippen molar-refractivity contribution in [3.63, 3.8) is 0 Å². The number of hydrogen-bond acceptors (Lipinski definition) is 3. The fraction of sp³-hybridized carbons (Fsp3) is 1.00. The van der Waals surface area contributed by atoms with Gasteiger partial charge in [0.25, 0.3) is 0 Å². The Labute approximate surface area is 89.1 Å². The van der Waals surface area contributed by atoms with Gasteiger partial charge in [0.1, 0.15) is 0 Å². The molecular weight excluding hydrogens is 196 g/mol. The summed E-state index contributed by atoms with van der Waals surface area (Å²) in [5, 5.41) is 0. The van der Waals surface area contributed by atoms with E-state index < -0.39 is 9.73 Å². The van der Waals surface area contributed by atoms with Gasteiger partial charge in [-0.1, -0.05) is 20.8 Å². The third-order valence-electron chi connectivity index (χ3n) is 2.27. The lowest BCUT2D eigenvalue weighted by atomic mass is 10.5. The average molecular weight is 220 g/mol. The van der Waals surface area contributed by atoms with Crippen molar-refractivity contribution >= 4 is 9.73 Å². The second-order valence-electron chi connectivity index (χ2n) is 3.28. The first-order valence-corrected chi connectivity index (χ1v) is 7.38. The molecule has 0 atom stereocenters. The van der Waals surface area contributed by atoms with E-state index in [-0.39, 0.29) is 0 Å². The van der Waals surface area contributed by atoms with Crippen molar-refractivity contribution in [1.29, 1.82) is 0 Å². The van der Waals surface area contributed by atoms with Crippen molar-refractivity contribution in [3.05, 3.63) is 0 Å². The van der Waals surface area contributed by atoms with Gasteiger partial charge in [-0.15, -0.1) is 0 Å². The second kappa shape index (κ2) is 7.23. The quantitative estimate of drug-likeness (QED) is 0.724. The van der Waals surface area contributed by atoms with E-state index in [0.717, 1.165) is 37.6 Å². The minimum atomic E-state index is -1.69. The summed E-state index contributed by atoms with van der Waals surface area (Å²) in [5.41, 5.74) is 0. The summed E-state index contributed by atoms with van der Waals surface area (Å²) in [6, 6.07) is 0. The average Bonchev–Trinajstić information content (AvgIpc) is 2.18. The smallest absolute Gasteiger partial charge is 0.0611 e. The third kappa shape index (κ3) is 4.96. The molecule has 1 aliphatic rings. The molecule has 1 heterocycles. The Balaban J connectivity index is 0.000000791. The van der Waals surface area contributed by atoms with Crippen LogP contribution < -0.4 is 0 Å². The Morgan fingerprint density at radius 3 is 2.29 bits per heavy atom. The first kappa shape index (κ1) is 13.9. The van der Waals surface area contributed by atoms with E-state index in [2.05, 4.69) is 23.2 Å². The summed E-state index contributed by atoms with van der Waals surface area (Å²) in [6.07, 6.45) is 1.10. The molecule has 0 saturated carbocycles. The lowest BCUT2D eigenvalue weighted by molar-refractivity contribution is 0.363. The van der Waals surface area contributed by atoms with Crippen molar-refractivity contribution < 1.29 is 4.21 Å². The molecule has 3 nitrogen and oxygen atoms in total. The molecule has 0 bridgehead atoms. The van der Waals surface area contributed by atoms with Gasteiger partial charge in [-0.05, 0) is 20.0 Å². The van der Waals surface area contributed by atoms with Gasteiger partial charge in [0, 0.05) is 27.8 Å². The van der Waals surface area contributed by atoms with Crippen LogP contribution in [0.25, 0.3) is 0 Å². The topological polar surface area (TPSA) is 32.7 Å². The number of rotatable bonds is 4. The molecule has 14 heavy (non-hydrogen) atoms. The van der Waals surface area contributed by atoms with Crippen LogP contribution >= 0.6 is 0 Å². The van der Waals surface area contributed by atoms with Crippen LogP contribution in [0, 0.1) is 0 Å². The fourth-order valence-electron chi connectivity index (χ4n) is 1.06. The van der Waals surface area contributed by atoms with Crippen molar-refractivity contribution in [3.8, 4) is 0 Å². The lowest BCUT2D eigenvalue weighted by Crippen LogP contribution is -2.26. The van der Waals surface area contributed by atoms with E-state index in [1.807, 2.05) is 13.8 Å². The van der Waals surface area contributed by atoms with Crippen molar-refractivity contribution in [2.24, 2.45) is 4.36 Å². The minimum Gasteiger partial charge on any atom is -0.305 e. The highest BCUT2D eigenvalue weighted by Gasteiger charge is 2.18. The highest BCUT2D eigenvalue weighted by molar-refractivity contribution is 7.94. The molecule has 0 radical (unpaired) electrons. The maximum atomic E-state index is 11.5. The van der Waals surface area contributed by atoms with Crippen LogP contribution in [0.5, 0.6) is 0 Å². The maximum Gasteiger partial charge on any atom is 0.0611 e. The molecule has 0 N–H and O–H groups in total. The van der Waals surface area contributed by atoms with Crippen LogP contribution in [0.15, 0.2) is 4.36 Å². The van der Waals surface area contributed by atoms with E-state index in [4.69, 9.17) is 0 Å². The zero-order valence-electron chi connectivity index (χ0n) is 9.95. The molecule has 1 saturated heterocycles. The SMILES string of the molecule is CC.CCN(C)CCN=S1(=O)CCC1. The summed E-state index contributed by atoms with van der Waals surface area (Å²) >= 11 is 0. The Hall–Kier alpha value is -0.0900. The number of hydrogen-bond donors (Lipinski definition) is 0. The molecular formula is C10H24N2OS. The van der Waals surface area contributed by atoms with Crippen LogP contribution in [0.2, 0.25) is 0 Å². The van der Waals surface area contributed by atoms with Crippen LogP contribution in [0.1, 0.15) is 27.2 Å². The molecule has 0 spiro atoms. The van der Waals surface area contributed by atoms with Crippen molar-refractivity contribution in [1.82, 2.24) is 4.90 Å². The maximum absolute atomic E-state index is 11.5. The third-order valence-corrected chi connectivity index (χ3v) is 4.78. The molecule has 4 heteroatoms. The normalized spacial score (nSPS) is 18.1. The first-order valence-electron chi connectivity index (χ1n) is 5.53. The summed E-state index contributed by atoms with van der Waals surface area (Å²) in [5.74, 6) is 1.67. The van der Waals surface area contributed by atoms with Crippen molar-refractivity contribution in [2.45, 2.75) is 27.2 Å². The Kier molecular flexibility index (Phi) is 7.19. The van der Waals surface area contributed by atoms with E-state index in [1.54, 1.807) is 0 Å². The van der Waals surface area contributed by atoms with Gasteiger partial charge >= 0.3 is 0 Å². The monoisotopic (exact) mass is 220 g/mol. The molecule has 0 amide bonds. The lowest BCUT2D eigenvalue weighted by Gasteiger charge is -2.19. The summed E-state index contributed by atoms with van der Waals surface area (Å²) < 4.78 is 15.8. The van der Waals surface area contributed by atoms with Crippen LogP contribution in [-0.4, -0.2) is 47.3 Å². The number of nitrogens with zero attached hydrogens (tertiary/aromatic N) is 2. The molecule has 0 aliphatic carbocycles. The van der Waals surface area contributed by atoms with Gasteiger partial charge in [-0.25, -0.2) is 8.57 Å². The standard InChI is InChI=1S/C8H18N2OS.C2H6/c1-3-10(2)6-5-9-12(11)7-4-8-12;1-2/h3-8H2,1-2H3;1-2H3. The number of likely N-dealkylation sites (N-methyl/N-ethyl adjacent to an activating group) is 1. The molecule has 0 aromatic heterocycles. The molecule has 1 rings (SSSR count). The Morgan fingerprint density at radius 2 is 1.93 bits per heavy atom. The minimum absolute atomic E-state index is 0.739. The van der Waals surface area contributed by atoms with Gasteiger partial charge in [-0.3, -0.25) is 0 Å². The zero-order valence-corrected chi connectivity index (χ0v) is 10.8. The zero-order chi connectivity index (χ0) is 11.0. The van der Waals surface area contributed by atoms with Crippen LogP contribution in [0.4, 0.5) is 0 Å². The summed E-state index contributed by atoms with van der Waals surface area (Å²) in [6.45, 7) is 8.83. The van der Waals surface area contributed by atoms with E-state index in [0.29, 0.717) is 0 Å². The molecule has 0 aromatic carbocycles. The Bertz CT molecular complexity index is 235. The van der Waals surface area contributed by atoms with Gasteiger partial charge in [0.2, 0.25) is 0 Å². The van der Waals surface area contributed by atoms with E-state index in [1.165, 1.54) is 0 Å². The van der Waals surface area contributed by atoms with Gasteiger partial charge in [0.15, 0.2) is 0 Å². The molecule has 1 aliphatic heterocycles. The van der Waals surface area contributed by atoms with Gasteiger partial charge in [0.05, 0.1) is 6.54 Å². The largest absolute Gasteiger partial charge is 0.305 e. The predicted octanol–water partition coefficient (Wildman–Crippen LogP) is 1.84. The summed E-state index contributed by atoms with van der Waals surface area (Å²) in [7, 11) is 0.364. The molecule has 86 valence electrons. The van der Waals surface area contributed by atoms with E-state index >= 15 is 0 Å². The van der Waals surface area contributed by atoms with E-state index in [9.17, 15) is 4.21 Å². The molecule has 0 aromatic rings. The summed E-state index contributed by atoms with van der Waals surface area (Å²) in [4.78, 5) is 2.19. The van der Waals surface area contributed by atoms with Crippen molar-refractivity contribution in [2.75, 3.05) is 38.2 Å². The fourth-order valence-corrected chi connectivity index (χ4v) is 2.51. The molecule has 1 fully saturated rings. The molecule has 0 unspecified atom stereocenters. The van der Waals surface area contributed by atoms with Gasteiger partial charge < -0.3 is 4.90 Å². The van der Waals surface area contributed by atoms with Crippen LogP contribution in [0.3, 0.4) is 0 Å². The highest BCUT2D eigenvalue weighted by atomic mass is 32.2. The van der Waals surface area contributed by atoms with Gasteiger partial charge in [-0.2, -0.15) is 0 Å². The second-order valence-corrected chi connectivity index (χ2v) is 5.90. The predicted molar refractivity (Wildman–Crippen MR) is 64.3 cm³/mol.